The molecule has 1 saturated heterocycles. The molecule has 0 unspecified atom stereocenters. The number of hydrogen-bond acceptors (Lipinski definition) is 4. The van der Waals surface area contributed by atoms with Crippen LogP contribution in [0.5, 0.6) is 0 Å². The number of ketones is 1. The number of benzene rings is 3. The summed E-state index contributed by atoms with van der Waals surface area (Å²) in [5.41, 5.74) is 4.72. The Kier molecular flexibility index (Phi) is 9.08. The van der Waals surface area contributed by atoms with E-state index >= 15 is 0 Å². The third-order valence-corrected chi connectivity index (χ3v) is 7.17. The third-order valence-electron chi connectivity index (χ3n) is 7.17. The van der Waals surface area contributed by atoms with Crippen molar-refractivity contribution in [2.75, 3.05) is 11.9 Å². The lowest BCUT2D eigenvalue weighted by atomic mass is 9.79. The van der Waals surface area contributed by atoms with E-state index in [1.807, 2.05) is 77.7 Å². The standard InChI is InChI=1S/C32H36N2O4/c1-22(35)17-28(31(37)30-15-8-16-34(32(30)38)21-24-9-4-3-5-10-24)19-25-11-6-12-26(18-25)27-13-7-14-29(20-27)33-23(2)36/h3-7,9-14,18,20,28,30-31,37H,8,15-17,19,21H2,1-2H3,(H,33,36)/t28-,30-,31-/m0/s1. The molecule has 38 heavy (non-hydrogen) atoms. The van der Waals surface area contributed by atoms with Gasteiger partial charge in [0.05, 0.1) is 12.0 Å². The Morgan fingerprint density at radius 1 is 0.947 bits per heavy atom. The molecule has 0 saturated carbocycles. The van der Waals surface area contributed by atoms with Crippen LogP contribution in [0, 0.1) is 11.8 Å². The number of Topliss-reactive ketones (excluding diaryl/α,β-unsaturated/α-hetero) is 1. The van der Waals surface area contributed by atoms with Crippen molar-refractivity contribution in [1.29, 1.82) is 0 Å². The fourth-order valence-electron chi connectivity index (χ4n) is 5.42. The van der Waals surface area contributed by atoms with Crippen LogP contribution in [0.25, 0.3) is 11.1 Å². The van der Waals surface area contributed by atoms with Gasteiger partial charge in [0, 0.05) is 32.1 Å². The van der Waals surface area contributed by atoms with Crippen LogP contribution in [-0.2, 0) is 27.3 Å². The van der Waals surface area contributed by atoms with Crippen molar-refractivity contribution in [3.05, 3.63) is 90.0 Å². The molecule has 198 valence electrons. The molecule has 0 bridgehead atoms. The highest BCUT2D eigenvalue weighted by Gasteiger charge is 2.38. The van der Waals surface area contributed by atoms with Crippen LogP contribution >= 0.6 is 0 Å². The molecule has 0 aromatic heterocycles. The number of carbonyl (C=O) groups is 3. The minimum atomic E-state index is -0.906. The Labute approximate surface area is 224 Å². The van der Waals surface area contributed by atoms with E-state index in [0.29, 0.717) is 25.9 Å². The first-order chi connectivity index (χ1) is 18.3. The molecule has 3 aromatic rings. The molecular formula is C32H36N2O4. The van der Waals surface area contributed by atoms with Gasteiger partial charge >= 0.3 is 0 Å². The van der Waals surface area contributed by atoms with Crippen molar-refractivity contribution in [1.82, 2.24) is 4.90 Å². The summed E-state index contributed by atoms with van der Waals surface area (Å²) in [5.74, 6) is -1.05. The molecule has 1 aliphatic heterocycles. The summed E-state index contributed by atoms with van der Waals surface area (Å²) >= 11 is 0. The fourth-order valence-corrected chi connectivity index (χ4v) is 5.42. The van der Waals surface area contributed by atoms with Crippen molar-refractivity contribution >= 4 is 23.3 Å². The van der Waals surface area contributed by atoms with Crippen molar-refractivity contribution in [3.63, 3.8) is 0 Å². The molecule has 0 spiro atoms. The van der Waals surface area contributed by atoms with Crippen LogP contribution in [0.4, 0.5) is 5.69 Å². The lowest BCUT2D eigenvalue weighted by molar-refractivity contribution is -0.146. The van der Waals surface area contributed by atoms with Gasteiger partial charge in [-0.25, -0.2) is 0 Å². The summed E-state index contributed by atoms with van der Waals surface area (Å²) in [6.07, 6.45) is 1.24. The van der Waals surface area contributed by atoms with E-state index in [4.69, 9.17) is 0 Å². The highest BCUT2D eigenvalue weighted by Crippen LogP contribution is 2.31. The van der Waals surface area contributed by atoms with Gasteiger partial charge in [-0.2, -0.15) is 0 Å². The average Bonchev–Trinajstić information content (AvgIpc) is 2.89. The van der Waals surface area contributed by atoms with E-state index in [9.17, 15) is 19.5 Å². The zero-order chi connectivity index (χ0) is 27.1. The monoisotopic (exact) mass is 512 g/mol. The number of anilines is 1. The van der Waals surface area contributed by atoms with Gasteiger partial charge in [0.15, 0.2) is 0 Å². The molecule has 3 atom stereocenters. The number of nitrogens with one attached hydrogen (secondary N) is 1. The average molecular weight is 513 g/mol. The van der Waals surface area contributed by atoms with Gasteiger partial charge in [-0.1, -0.05) is 66.7 Å². The van der Waals surface area contributed by atoms with Crippen LogP contribution in [0.1, 0.15) is 44.2 Å². The smallest absolute Gasteiger partial charge is 0.228 e. The summed E-state index contributed by atoms with van der Waals surface area (Å²) in [5, 5.41) is 14.3. The summed E-state index contributed by atoms with van der Waals surface area (Å²) in [7, 11) is 0. The minimum Gasteiger partial charge on any atom is -0.392 e. The summed E-state index contributed by atoms with van der Waals surface area (Å²) in [6.45, 7) is 4.22. The molecule has 6 heteroatoms. The maximum absolute atomic E-state index is 13.4. The number of carbonyl (C=O) groups excluding carboxylic acids is 3. The zero-order valence-electron chi connectivity index (χ0n) is 22.1. The Hall–Kier alpha value is -3.77. The number of aliphatic hydroxyl groups is 1. The second-order valence-corrected chi connectivity index (χ2v) is 10.3. The molecule has 1 aliphatic rings. The fraction of sp³-hybridized carbons (Fsp3) is 0.344. The van der Waals surface area contributed by atoms with Crippen molar-refractivity contribution in [2.45, 2.75) is 52.2 Å². The van der Waals surface area contributed by atoms with Crippen LogP contribution in [-0.4, -0.2) is 40.3 Å². The predicted molar refractivity (Wildman–Crippen MR) is 149 cm³/mol. The second-order valence-electron chi connectivity index (χ2n) is 10.3. The summed E-state index contributed by atoms with van der Waals surface area (Å²) < 4.78 is 0. The van der Waals surface area contributed by atoms with Crippen LogP contribution in [0.15, 0.2) is 78.9 Å². The molecule has 2 N–H and O–H groups in total. The first kappa shape index (κ1) is 27.3. The molecule has 0 aliphatic carbocycles. The molecule has 3 aromatic carbocycles. The number of likely N-dealkylation sites (tertiary alicyclic amines) is 1. The highest BCUT2D eigenvalue weighted by molar-refractivity contribution is 5.89. The normalized spacial score (nSPS) is 17.1. The van der Waals surface area contributed by atoms with Crippen LogP contribution < -0.4 is 5.32 Å². The van der Waals surface area contributed by atoms with Gasteiger partial charge in [0.2, 0.25) is 11.8 Å². The Morgan fingerprint density at radius 3 is 2.34 bits per heavy atom. The maximum atomic E-state index is 13.4. The van der Waals surface area contributed by atoms with Gasteiger partial charge in [-0.05, 0) is 66.5 Å². The van der Waals surface area contributed by atoms with E-state index < -0.39 is 12.0 Å². The SMILES string of the molecule is CC(=O)C[C@@H](Cc1cccc(-c2cccc(NC(C)=O)c2)c1)[C@H](O)[C@@H]1CCCN(Cc2ccccc2)C1=O. The molecule has 4 rings (SSSR count). The number of piperidine rings is 1. The number of rotatable bonds is 10. The van der Waals surface area contributed by atoms with Gasteiger partial charge in [-0.15, -0.1) is 0 Å². The number of nitrogens with zero attached hydrogens (tertiary/aromatic N) is 1. The van der Waals surface area contributed by atoms with Crippen LogP contribution in [0.3, 0.4) is 0 Å². The van der Waals surface area contributed by atoms with Gasteiger partial charge < -0.3 is 20.1 Å². The van der Waals surface area contributed by atoms with Crippen molar-refractivity contribution in [3.8, 4) is 11.1 Å². The Balaban J connectivity index is 1.51. The lowest BCUT2D eigenvalue weighted by Gasteiger charge is -2.37. The molecule has 1 heterocycles. The van der Waals surface area contributed by atoms with Gasteiger partial charge in [0.25, 0.3) is 0 Å². The van der Waals surface area contributed by atoms with Crippen molar-refractivity contribution < 1.29 is 19.5 Å². The zero-order valence-corrected chi connectivity index (χ0v) is 22.1. The Morgan fingerprint density at radius 2 is 1.63 bits per heavy atom. The second kappa shape index (κ2) is 12.7. The predicted octanol–water partition coefficient (Wildman–Crippen LogP) is 5.25. The largest absolute Gasteiger partial charge is 0.392 e. The first-order valence-corrected chi connectivity index (χ1v) is 13.3. The quantitative estimate of drug-likeness (QED) is 0.389. The third kappa shape index (κ3) is 7.17. The van der Waals surface area contributed by atoms with Crippen LogP contribution in [0.2, 0.25) is 0 Å². The number of aliphatic hydroxyl groups excluding tert-OH is 1. The highest BCUT2D eigenvalue weighted by atomic mass is 16.3. The van der Waals surface area contributed by atoms with Crippen molar-refractivity contribution in [2.24, 2.45) is 11.8 Å². The summed E-state index contributed by atoms with van der Waals surface area (Å²) in [6, 6.07) is 25.5. The molecule has 1 fully saturated rings. The molecule has 2 amide bonds. The number of amides is 2. The molecular weight excluding hydrogens is 476 g/mol. The topological polar surface area (TPSA) is 86.7 Å². The number of hydrogen-bond donors (Lipinski definition) is 2. The lowest BCUT2D eigenvalue weighted by Crippen LogP contribution is -2.47. The maximum Gasteiger partial charge on any atom is 0.228 e. The Bertz CT molecular complexity index is 1270. The molecule has 6 nitrogen and oxygen atoms in total. The first-order valence-electron chi connectivity index (χ1n) is 13.3. The minimum absolute atomic E-state index is 0.00221. The van der Waals surface area contributed by atoms with E-state index in [2.05, 4.69) is 11.4 Å². The summed E-state index contributed by atoms with van der Waals surface area (Å²) in [4.78, 5) is 38.9. The van der Waals surface area contributed by atoms with E-state index in [-0.39, 0.29) is 29.9 Å². The van der Waals surface area contributed by atoms with Gasteiger partial charge in [0.1, 0.15) is 5.78 Å². The molecule has 0 radical (unpaired) electrons. The van der Waals surface area contributed by atoms with E-state index in [1.165, 1.54) is 13.8 Å². The van der Waals surface area contributed by atoms with E-state index in [1.54, 1.807) is 0 Å². The van der Waals surface area contributed by atoms with E-state index in [0.717, 1.165) is 34.4 Å². The van der Waals surface area contributed by atoms with Gasteiger partial charge in [-0.3, -0.25) is 9.59 Å².